The second kappa shape index (κ2) is 5.21. The van der Waals surface area contributed by atoms with Gasteiger partial charge < -0.3 is 9.47 Å². The van der Waals surface area contributed by atoms with Crippen molar-refractivity contribution in [2.45, 2.75) is 13.8 Å². The Morgan fingerprint density at radius 1 is 1.40 bits per heavy atom. The van der Waals surface area contributed by atoms with E-state index in [9.17, 15) is 4.79 Å². The van der Waals surface area contributed by atoms with E-state index in [0.717, 1.165) is 17.2 Å². The molecule has 0 aromatic carbocycles. The number of aryl methyl sites for hydroxylation is 3. The van der Waals surface area contributed by atoms with E-state index in [0.29, 0.717) is 5.56 Å². The van der Waals surface area contributed by atoms with Crippen molar-refractivity contribution < 1.29 is 4.79 Å². The molecule has 2 heterocycles. The smallest absolute Gasteiger partial charge is 0.259 e. The molecule has 0 N–H and O–H groups in total. The number of nitrogens with zero attached hydrogens (tertiary/aromatic N) is 5. The van der Waals surface area contributed by atoms with Gasteiger partial charge in [-0.3, -0.25) is 9.48 Å². The normalized spacial score (nSPS) is 10.3. The van der Waals surface area contributed by atoms with Crippen LogP contribution in [0.15, 0.2) is 18.3 Å². The molecule has 0 bridgehead atoms. The van der Waals surface area contributed by atoms with Crippen molar-refractivity contribution in [2.24, 2.45) is 7.05 Å². The minimum absolute atomic E-state index is 0.0524. The molecular formula is C14H17N5O. The third-order valence-electron chi connectivity index (χ3n) is 3.28. The average molecular weight is 271 g/mol. The molecule has 0 fully saturated rings. The molecule has 0 radical (unpaired) electrons. The number of carbonyl (C=O) groups excluding carboxylic acids is 1. The van der Waals surface area contributed by atoms with Gasteiger partial charge in [-0.1, -0.05) is 0 Å². The number of carbonyl (C=O) groups is 1. The van der Waals surface area contributed by atoms with Crippen LogP contribution in [0.2, 0.25) is 0 Å². The minimum Gasteiger partial charge on any atom is -0.328 e. The topological polar surface area (TPSA) is 66.8 Å². The lowest BCUT2D eigenvalue weighted by atomic mass is 10.2. The molecule has 0 aliphatic carbocycles. The molecule has 0 aliphatic heterocycles. The monoisotopic (exact) mass is 271 g/mol. The van der Waals surface area contributed by atoms with Crippen LogP contribution >= 0.6 is 0 Å². The maximum absolute atomic E-state index is 12.4. The van der Waals surface area contributed by atoms with E-state index < -0.39 is 0 Å². The van der Waals surface area contributed by atoms with Crippen molar-refractivity contribution in [3.05, 3.63) is 35.3 Å². The van der Waals surface area contributed by atoms with Crippen molar-refractivity contribution in [3.63, 3.8) is 0 Å². The first kappa shape index (κ1) is 13.9. The van der Waals surface area contributed by atoms with E-state index in [2.05, 4.69) is 5.10 Å². The van der Waals surface area contributed by atoms with E-state index in [4.69, 9.17) is 5.26 Å². The van der Waals surface area contributed by atoms with Crippen LogP contribution in [-0.4, -0.2) is 38.7 Å². The Morgan fingerprint density at radius 3 is 2.55 bits per heavy atom. The van der Waals surface area contributed by atoms with Crippen LogP contribution in [0.5, 0.6) is 0 Å². The van der Waals surface area contributed by atoms with Gasteiger partial charge in [0.05, 0.1) is 12.3 Å². The molecule has 0 saturated heterocycles. The van der Waals surface area contributed by atoms with Gasteiger partial charge in [-0.05, 0) is 26.0 Å². The fourth-order valence-corrected chi connectivity index (χ4v) is 2.23. The van der Waals surface area contributed by atoms with Crippen LogP contribution in [0.4, 0.5) is 0 Å². The molecule has 0 atom stereocenters. The van der Waals surface area contributed by atoms with Gasteiger partial charge in [0, 0.05) is 25.5 Å². The van der Waals surface area contributed by atoms with Crippen molar-refractivity contribution in [1.82, 2.24) is 19.2 Å². The van der Waals surface area contributed by atoms with Gasteiger partial charge in [-0.15, -0.1) is 0 Å². The van der Waals surface area contributed by atoms with Gasteiger partial charge in [-0.2, -0.15) is 10.4 Å². The number of rotatable bonds is 3. The Morgan fingerprint density at radius 2 is 2.00 bits per heavy atom. The SMILES string of the molecule is Cc1ccc(C)n1-c1c(C(=O)N(C)CC#N)cnn1C. The largest absolute Gasteiger partial charge is 0.328 e. The predicted molar refractivity (Wildman–Crippen MR) is 74.6 cm³/mol. The first-order chi connectivity index (χ1) is 9.47. The lowest BCUT2D eigenvalue weighted by Gasteiger charge is -2.16. The third kappa shape index (κ3) is 2.18. The summed E-state index contributed by atoms with van der Waals surface area (Å²) in [5, 5.41) is 12.9. The van der Waals surface area contributed by atoms with Crippen molar-refractivity contribution in [2.75, 3.05) is 13.6 Å². The molecule has 6 heteroatoms. The van der Waals surface area contributed by atoms with Crippen LogP contribution in [0.25, 0.3) is 5.82 Å². The molecular weight excluding hydrogens is 254 g/mol. The number of amides is 1. The third-order valence-corrected chi connectivity index (χ3v) is 3.28. The van der Waals surface area contributed by atoms with Crippen LogP contribution in [0.3, 0.4) is 0 Å². The summed E-state index contributed by atoms with van der Waals surface area (Å²) in [7, 11) is 3.41. The highest BCUT2D eigenvalue weighted by Crippen LogP contribution is 2.20. The van der Waals surface area contributed by atoms with Crippen LogP contribution in [0.1, 0.15) is 21.7 Å². The maximum Gasteiger partial charge on any atom is 0.259 e. The Kier molecular flexibility index (Phi) is 3.61. The molecule has 104 valence electrons. The highest BCUT2D eigenvalue weighted by atomic mass is 16.2. The van der Waals surface area contributed by atoms with Gasteiger partial charge in [0.2, 0.25) is 0 Å². The first-order valence-electron chi connectivity index (χ1n) is 6.27. The highest BCUT2D eigenvalue weighted by molar-refractivity contribution is 5.97. The summed E-state index contributed by atoms with van der Waals surface area (Å²) in [6.07, 6.45) is 1.55. The molecule has 0 spiro atoms. The Labute approximate surface area is 117 Å². The summed E-state index contributed by atoms with van der Waals surface area (Å²) in [6.45, 7) is 4.01. The van der Waals surface area contributed by atoms with Gasteiger partial charge in [-0.25, -0.2) is 0 Å². The summed E-state index contributed by atoms with van der Waals surface area (Å²) in [5.41, 5.74) is 2.55. The van der Waals surface area contributed by atoms with E-state index in [-0.39, 0.29) is 12.5 Å². The van der Waals surface area contributed by atoms with Crippen LogP contribution < -0.4 is 0 Å². The zero-order valence-corrected chi connectivity index (χ0v) is 12.1. The quantitative estimate of drug-likeness (QED) is 0.793. The molecule has 0 aliphatic rings. The van der Waals surface area contributed by atoms with Gasteiger partial charge in [0.25, 0.3) is 5.91 Å². The molecule has 0 saturated carbocycles. The molecule has 20 heavy (non-hydrogen) atoms. The van der Waals surface area contributed by atoms with Crippen molar-refractivity contribution in [3.8, 4) is 11.9 Å². The van der Waals surface area contributed by atoms with Gasteiger partial charge in [0.15, 0.2) is 0 Å². The minimum atomic E-state index is -0.206. The molecule has 0 unspecified atom stereocenters. The Balaban J connectivity index is 2.54. The van der Waals surface area contributed by atoms with Gasteiger partial charge >= 0.3 is 0 Å². The molecule has 2 rings (SSSR count). The number of nitriles is 1. The maximum atomic E-state index is 12.4. The second-order valence-corrected chi connectivity index (χ2v) is 4.78. The fraction of sp³-hybridized carbons (Fsp3) is 0.357. The Bertz CT molecular complexity index is 669. The van der Waals surface area contributed by atoms with E-state index in [1.165, 1.54) is 4.90 Å². The molecule has 1 amide bonds. The van der Waals surface area contributed by atoms with E-state index in [1.807, 2.05) is 36.6 Å². The zero-order valence-electron chi connectivity index (χ0n) is 12.1. The summed E-state index contributed by atoms with van der Waals surface area (Å²) in [4.78, 5) is 13.8. The number of hydrogen-bond donors (Lipinski definition) is 0. The standard InChI is InChI=1S/C14H17N5O/c1-10-5-6-11(2)19(10)13-12(9-16-18(13)4)14(20)17(3)8-7-15/h5-6,9H,8H2,1-4H3. The van der Waals surface area contributed by atoms with Crippen LogP contribution in [0, 0.1) is 25.2 Å². The van der Waals surface area contributed by atoms with E-state index >= 15 is 0 Å². The molecule has 2 aromatic heterocycles. The lowest BCUT2D eigenvalue weighted by molar-refractivity contribution is 0.0812. The summed E-state index contributed by atoms with van der Waals surface area (Å²) >= 11 is 0. The van der Waals surface area contributed by atoms with Gasteiger partial charge in [0.1, 0.15) is 17.9 Å². The lowest BCUT2D eigenvalue weighted by Crippen LogP contribution is -2.28. The highest BCUT2D eigenvalue weighted by Gasteiger charge is 2.22. The van der Waals surface area contributed by atoms with Crippen LogP contribution in [-0.2, 0) is 7.05 Å². The fourth-order valence-electron chi connectivity index (χ4n) is 2.23. The summed E-state index contributed by atoms with van der Waals surface area (Å²) in [6, 6.07) is 5.96. The summed E-state index contributed by atoms with van der Waals surface area (Å²) in [5.74, 6) is 0.516. The van der Waals surface area contributed by atoms with Crippen molar-refractivity contribution >= 4 is 5.91 Å². The average Bonchev–Trinajstić information content (AvgIpc) is 2.92. The molecule has 2 aromatic rings. The predicted octanol–water partition coefficient (Wildman–Crippen LogP) is 1.42. The second-order valence-electron chi connectivity index (χ2n) is 4.78. The molecule has 6 nitrogen and oxygen atoms in total. The Hall–Kier alpha value is -2.55. The van der Waals surface area contributed by atoms with E-state index in [1.54, 1.807) is 25.0 Å². The first-order valence-corrected chi connectivity index (χ1v) is 6.27. The summed E-state index contributed by atoms with van der Waals surface area (Å²) < 4.78 is 3.66. The number of aromatic nitrogens is 3. The zero-order chi connectivity index (χ0) is 14.9. The van der Waals surface area contributed by atoms with Crippen molar-refractivity contribution in [1.29, 1.82) is 5.26 Å². The number of hydrogen-bond acceptors (Lipinski definition) is 3.